The van der Waals surface area contributed by atoms with Gasteiger partial charge in [0.25, 0.3) is 0 Å². The van der Waals surface area contributed by atoms with E-state index < -0.39 is 0 Å². The van der Waals surface area contributed by atoms with Gasteiger partial charge in [-0.1, -0.05) is 66.7 Å². The Hall–Kier alpha value is -4.24. The lowest BCUT2D eigenvalue weighted by atomic mass is 9.86. The van der Waals surface area contributed by atoms with Crippen LogP contribution in [-0.4, -0.2) is 15.8 Å². The van der Waals surface area contributed by atoms with Crippen LogP contribution in [0.15, 0.2) is 84.9 Å². The van der Waals surface area contributed by atoms with E-state index in [0.717, 1.165) is 39.5 Å². The van der Waals surface area contributed by atoms with E-state index in [2.05, 4.69) is 65.2 Å². The summed E-state index contributed by atoms with van der Waals surface area (Å²) in [5.74, 6) is 0.870. The van der Waals surface area contributed by atoms with E-state index in [1.165, 1.54) is 32.3 Å². The number of imidazole rings is 1. The molecule has 0 unspecified atom stereocenters. The van der Waals surface area contributed by atoms with Crippen molar-refractivity contribution in [3.05, 3.63) is 90.5 Å². The standard InChI is InChI=1S/C29H18N2O/c1-31-25-11-3-2-10-24(25)30-29(31)23-15-14-22-20-9-5-7-17-6-4-8-19(26(17)20)21-13-12-18(16-32)27(23)28(21)22/h2-16H,1H3. The summed E-state index contributed by atoms with van der Waals surface area (Å²) < 4.78 is 2.12. The van der Waals surface area contributed by atoms with Crippen molar-refractivity contribution in [2.45, 2.75) is 0 Å². The summed E-state index contributed by atoms with van der Waals surface area (Å²) in [5, 5.41) is 9.39. The zero-order chi connectivity index (χ0) is 21.4. The Balaban J connectivity index is 1.74. The zero-order valence-corrected chi connectivity index (χ0v) is 17.5. The van der Waals surface area contributed by atoms with E-state index in [0.29, 0.717) is 5.56 Å². The van der Waals surface area contributed by atoms with Gasteiger partial charge in [-0.2, -0.15) is 0 Å². The number of benzene rings is 6. The highest BCUT2D eigenvalue weighted by atomic mass is 16.1. The molecule has 1 aromatic heterocycles. The fraction of sp³-hybridized carbons (Fsp3) is 0.0345. The van der Waals surface area contributed by atoms with E-state index in [1.807, 2.05) is 31.3 Å². The molecule has 0 saturated heterocycles. The molecular formula is C29H18N2O. The first-order valence-electron chi connectivity index (χ1n) is 10.8. The number of rotatable bonds is 2. The molecule has 0 bridgehead atoms. The van der Waals surface area contributed by atoms with Gasteiger partial charge in [-0.15, -0.1) is 0 Å². The Morgan fingerprint density at radius 2 is 1.38 bits per heavy atom. The molecule has 7 rings (SSSR count). The van der Waals surface area contributed by atoms with Gasteiger partial charge in [0.2, 0.25) is 0 Å². The second kappa shape index (κ2) is 6.14. The number of aromatic nitrogens is 2. The van der Waals surface area contributed by atoms with Crippen LogP contribution in [0.4, 0.5) is 0 Å². The number of aldehydes is 1. The average Bonchev–Trinajstić information content (AvgIpc) is 3.18. The Labute approximate surface area is 183 Å². The van der Waals surface area contributed by atoms with Crippen LogP contribution in [0.1, 0.15) is 10.4 Å². The molecule has 0 spiro atoms. The van der Waals surface area contributed by atoms with Crippen LogP contribution in [0.5, 0.6) is 0 Å². The smallest absolute Gasteiger partial charge is 0.150 e. The fourth-order valence-corrected chi connectivity index (χ4v) is 5.43. The van der Waals surface area contributed by atoms with Gasteiger partial charge in [-0.3, -0.25) is 4.79 Å². The molecule has 3 nitrogen and oxygen atoms in total. The predicted molar refractivity (Wildman–Crippen MR) is 133 cm³/mol. The second-order valence-corrected chi connectivity index (χ2v) is 8.42. The lowest BCUT2D eigenvalue weighted by Crippen LogP contribution is -1.97. The first kappa shape index (κ1) is 17.4. The van der Waals surface area contributed by atoms with Gasteiger partial charge in [-0.25, -0.2) is 4.98 Å². The first-order valence-corrected chi connectivity index (χ1v) is 10.8. The highest BCUT2D eigenvalue weighted by Gasteiger charge is 2.20. The number of nitrogens with zero attached hydrogens (tertiary/aromatic N) is 2. The topological polar surface area (TPSA) is 34.9 Å². The van der Waals surface area contributed by atoms with Crippen molar-refractivity contribution in [1.82, 2.24) is 9.55 Å². The molecule has 150 valence electrons. The van der Waals surface area contributed by atoms with Gasteiger partial charge in [0, 0.05) is 23.6 Å². The van der Waals surface area contributed by atoms with E-state index in [1.54, 1.807) is 0 Å². The third kappa shape index (κ3) is 2.10. The molecular weight excluding hydrogens is 392 g/mol. The van der Waals surface area contributed by atoms with Crippen molar-refractivity contribution in [3.8, 4) is 11.4 Å². The highest BCUT2D eigenvalue weighted by molar-refractivity contribution is 6.35. The van der Waals surface area contributed by atoms with Crippen LogP contribution in [0.2, 0.25) is 0 Å². The first-order chi connectivity index (χ1) is 15.8. The summed E-state index contributed by atoms with van der Waals surface area (Å²) >= 11 is 0. The molecule has 3 heteroatoms. The molecule has 0 fully saturated rings. The van der Waals surface area contributed by atoms with Crippen molar-refractivity contribution < 1.29 is 4.79 Å². The molecule has 0 aliphatic rings. The van der Waals surface area contributed by atoms with Crippen LogP contribution < -0.4 is 0 Å². The van der Waals surface area contributed by atoms with Crippen LogP contribution in [0, 0.1) is 0 Å². The van der Waals surface area contributed by atoms with E-state index in [-0.39, 0.29) is 0 Å². The minimum absolute atomic E-state index is 0.694. The maximum Gasteiger partial charge on any atom is 0.150 e. The summed E-state index contributed by atoms with van der Waals surface area (Å²) in [7, 11) is 2.04. The summed E-state index contributed by atoms with van der Waals surface area (Å²) in [5.41, 5.74) is 3.70. The number of carbonyl (C=O) groups is 1. The van der Waals surface area contributed by atoms with Gasteiger partial charge in [-0.05, 0) is 55.9 Å². The SMILES string of the molecule is Cn1c(-c2ccc3c4cccc5cccc(c6ccc(C=O)c2c63)c54)nc2ccccc21. The molecule has 1 heterocycles. The normalized spacial score (nSPS) is 12.0. The van der Waals surface area contributed by atoms with Crippen LogP contribution in [-0.2, 0) is 7.05 Å². The van der Waals surface area contributed by atoms with Gasteiger partial charge in [0.05, 0.1) is 11.0 Å². The molecule has 6 aromatic carbocycles. The Morgan fingerprint density at radius 1 is 0.688 bits per heavy atom. The van der Waals surface area contributed by atoms with Crippen molar-refractivity contribution >= 4 is 60.4 Å². The number of fused-ring (bicyclic) bond motifs is 3. The Bertz CT molecular complexity index is 1810. The van der Waals surface area contributed by atoms with E-state index in [4.69, 9.17) is 4.98 Å². The third-order valence-corrected chi connectivity index (χ3v) is 6.83. The number of hydrogen-bond acceptors (Lipinski definition) is 2. The Morgan fingerprint density at radius 3 is 2.09 bits per heavy atom. The number of para-hydroxylation sites is 2. The quantitative estimate of drug-likeness (QED) is 0.173. The second-order valence-electron chi connectivity index (χ2n) is 8.42. The highest BCUT2D eigenvalue weighted by Crippen LogP contribution is 2.44. The van der Waals surface area contributed by atoms with Gasteiger partial charge in [0.15, 0.2) is 6.29 Å². The fourth-order valence-electron chi connectivity index (χ4n) is 5.43. The van der Waals surface area contributed by atoms with E-state index >= 15 is 0 Å². The molecule has 32 heavy (non-hydrogen) atoms. The van der Waals surface area contributed by atoms with Crippen molar-refractivity contribution in [1.29, 1.82) is 0 Å². The van der Waals surface area contributed by atoms with Crippen LogP contribution >= 0.6 is 0 Å². The molecule has 0 radical (unpaired) electrons. The van der Waals surface area contributed by atoms with Crippen molar-refractivity contribution in [2.24, 2.45) is 7.05 Å². The molecule has 0 amide bonds. The van der Waals surface area contributed by atoms with E-state index in [9.17, 15) is 4.79 Å². The lowest BCUT2D eigenvalue weighted by Gasteiger charge is -2.17. The summed E-state index contributed by atoms with van der Waals surface area (Å²) in [6.07, 6.45) is 0.968. The lowest BCUT2D eigenvalue weighted by molar-refractivity contribution is 0.112. The molecule has 7 aromatic rings. The zero-order valence-electron chi connectivity index (χ0n) is 17.5. The Kier molecular flexibility index (Phi) is 3.35. The largest absolute Gasteiger partial charge is 0.327 e. The molecule has 0 aliphatic heterocycles. The monoisotopic (exact) mass is 410 g/mol. The van der Waals surface area contributed by atoms with Gasteiger partial charge < -0.3 is 4.57 Å². The number of carbonyl (C=O) groups excluding carboxylic acids is 1. The average molecular weight is 410 g/mol. The molecule has 0 saturated carbocycles. The van der Waals surface area contributed by atoms with Gasteiger partial charge >= 0.3 is 0 Å². The minimum atomic E-state index is 0.694. The summed E-state index contributed by atoms with van der Waals surface area (Å²) in [6, 6.07) is 29.4. The molecule has 0 atom stereocenters. The number of hydrogen-bond donors (Lipinski definition) is 0. The third-order valence-electron chi connectivity index (χ3n) is 6.83. The maximum atomic E-state index is 12.2. The minimum Gasteiger partial charge on any atom is -0.327 e. The summed E-state index contributed by atoms with van der Waals surface area (Å²) in [4.78, 5) is 17.1. The molecule has 0 aliphatic carbocycles. The number of aryl methyl sites for hydroxylation is 1. The van der Waals surface area contributed by atoms with Crippen LogP contribution in [0.3, 0.4) is 0 Å². The molecule has 0 N–H and O–H groups in total. The van der Waals surface area contributed by atoms with Gasteiger partial charge in [0.1, 0.15) is 5.82 Å². The maximum absolute atomic E-state index is 12.2. The van der Waals surface area contributed by atoms with Crippen molar-refractivity contribution in [2.75, 3.05) is 0 Å². The van der Waals surface area contributed by atoms with Crippen molar-refractivity contribution in [3.63, 3.8) is 0 Å². The van der Waals surface area contributed by atoms with Crippen LogP contribution in [0.25, 0.3) is 65.5 Å². The predicted octanol–water partition coefficient (Wildman–Crippen LogP) is 7.10. The summed E-state index contributed by atoms with van der Waals surface area (Å²) in [6.45, 7) is 0.